The number of anilines is 1. The topological polar surface area (TPSA) is 50.9 Å². The van der Waals surface area contributed by atoms with Gasteiger partial charge in [0.05, 0.1) is 0 Å². The van der Waals surface area contributed by atoms with E-state index in [1.165, 1.54) is 43.2 Å². The van der Waals surface area contributed by atoms with Crippen LogP contribution in [0.15, 0.2) is 12.3 Å². The van der Waals surface area contributed by atoms with Crippen molar-refractivity contribution in [1.82, 2.24) is 10.3 Å². The van der Waals surface area contributed by atoms with Gasteiger partial charge in [0, 0.05) is 28.8 Å². The van der Waals surface area contributed by atoms with Crippen LogP contribution in [0.3, 0.4) is 0 Å². The Labute approximate surface area is 133 Å². The quantitative estimate of drug-likeness (QED) is 0.797. The molecule has 4 heteroatoms. The molecule has 21 heavy (non-hydrogen) atoms. The molecule has 1 atom stereocenters. The Morgan fingerprint density at radius 3 is 2.86 bits per heavy atom. The molecule has 1 heterocycles. The molecule has 1 aromatic rings. The fourth-order valence-corrected chi connectivity index (χ4v) is 4.35. The Morgan fingerprint density at radius 1 is 1.38 bits per heavy atom. The van der Waals surface area contributed by atoms with Gasteiger partial charge in [-0.3, -0.25) is 0 Å². The number of hydrogen-bond acceptors (Lipinski definition) is 4. The molecule has 3 nitrogen and oxygen atoms in total. The number of nitrogens with zero attached hydrogens (tertiary/aromatic N) is 1. The summed E-state index contributed by atoms with van der Waals surface area (Å²) in [5.41, 5.74) is 8.47. The van der Waals surface area contributed by atoms with Crippen molar-refractivity contribution >= 4 is 17.6 Å². The fraction of sp³-hybridized carbons (Fsp3) is 0.706. The number of aryl methyl sites for hydroxylation is 1. The second-order valence-electron chi connectivity index (χ2n) is 6.09. The van der Waals surface area contributed by atoms with Crippen molar-refractivity contribution in [3.05, 3.63) is 23.4 Å². The van der Waals surface area contributed by atoms with Crippen LogP contribution in [0, 0.1) is 6.92 Å². The number of nitrogens with two attached hydrogens (primary N) is 1. The molecule has 1 saturated carbocycles. The van der Waals surface area contributed by atoms with Gasteiger partial charge < -0.3 is 11.1 Å². The maximum atomic E-state index is 6.11. The molecule has 0 radical (unpaired) electrons. The second-order valence-corrected chi connectivity index (χ2v) is 7.42. The summed E-state index contributed by atoms with van der Waals surface area (Å²) in [4.78, 5) is 4.33. The minimum absolute atomic E-state index is 0.323. The van der Waals surface area contributed by atoms with Crippen molar-refractivity contribution in [2.24, 2.45) is 0 Å². The largest absolute Gasteiger partial charge is 0.383 e. The number of nitrogens with one attached hydrogen (secondary N) is 1. The Kier molecular flexibility index (Phi) is 6.84. The lowest BCUT2D eigenvalue weighted by Crippen LogP contribution is -2.26. The SMILES string of the molecule is CCCNC(CSC1CCCCC1)c1cc(C)cnc1N. The number of pyridine rings is 1. The van der Waals surface area contributed by atoms with E-state index in [4.69, 9.17) is 5.73 Å². The first-order valence-electron chi connectivity index (χ1n) is 8.27. The summed E-state index contributed by atoms with van der Waals surface area (Å²) < 4.78 is 0. The van der Waals surface area contributed by atoms with Crippen LogP contribution < -0.4 is 11.1 Å². The number of thioether (sulfide) groups is 1. The molecule has 0 saturated heterocycles. The Balaban J connectivity index is 2.00. The van der Waals surface area contributed by atoms with Crippen molar-refractivity contribution in [2.45, 2.75) is 63.7 Å². The third-order valence-corrected chi connectivity index (χ3v) is 5.62. The van der Waals surface area contributed by atoms with E-state index in [-0.39, 0.29) is 0 Å². The zero-order chi connectivity index (χ0) is 15.1. The molecule has 1 aliphatic rings. The highest BCUT2D eigenvalue weighted by Gasteiger charge is 2.19. The van der Waals surface area contributed by atoms with Crippen LogP contribution in [0.5, 0.6) is 0 Å². The second kappa shape index (κ2) is 8.64. The molecule has 1 aromatic heterocycles. The van der Waals surface area contributed by atoms with Gasteiger partial charge in [-0.2, -0.15) is 11.8 Å². The van der Waals surface area contributed by atoms with Gasteiger partial charge >= 0.3 is 0 Å². The van der Waals surface area contributed by atoms with Gasteiger partial charge in [0.15, 0.2) is 0 Å². The predicted octanol–water partition coefficient (Wildman–Crippen LogP) is 4.08. The van der Waals surface area contributed by atoms with Gasteiger partial charge in [-0.15, -0.1) is 0 Å². The first-order chi connectivity index (χ1) is 10.2. The Hall–Kier alpha value is -0.740. The first-order valence-corrected chi connectivity index (χ1v) is 9.32. The van der Waals surface area contributed by atoms with Crippen LogP contribution in [0.25, 0.3) is 0 Å². The molecule has 3 N–H and O–H groups in total. The molecule has 0 aromatic carbocycles. The van der Waals surface area contributed by atoms with Crippen molar-refractivity contribution in [2.75, 3.05) is 18.0 Å². The predicted molar refractivity (Wildman–Crippen MR) is 93.8 cm³/mol. The summed E-state index contributed by atoms with van der Waals surface area (Å²) in [6, 6.07) is 2.51. The van der Waals surface area contributed by atoms with Crippen molar-refractivity contribution in [3.63, 3.8) is 0 Å². The number of hydrogen-bond donors (Lipinski definition) is 2. The zero-order valence-corrected chi connectivity index (χ0v) is 14.2. The standard InChI is InChI=1S/C17H29N3S/c1-3-9-19-16(12-21-14-7-5-4-6-8-14)15-10-13(2)11-20-17(15)18/h10-11,14,16,19H,3-9,12H2,1-2H3,(H2,18,20). The minimum Gasteiger partial charge on any atom is -0.383 e. The van der Waals surface area contributed by atoms with Crippen LogP contribution >= 0.6 is 11.8 Å². The summed E-state index contributed by atoms with van der Waals surface area (Å²) in [7, 11) is 0. The molecule has 1 aliphatic carbocycles. The highest BCUT2D eigenvalue weighted by atomic mass is 32.2. The molecule has 118 valence electrons. The average Bonchev–Trinajstić information content (AvgIpc) is 2.51. The van der Waals surface area contributed by atoms with Gasteiger partial charge in [-0.1, -0.05) is 26.2 Å². The summed E-state index contributed by atoms with van der Waals surface area (Å²) in [6.45, 7) is 5.32. The van der Waals surface area contributed by atoms with Crippen LogP contribution in [0.4, 0.5) is 5.82 Å². The maximum Gasteiger partial charge on any atom is 0.128 e. The van der Waals surface area contributed by atoms with Crippen molar-refractivity contribution in [1.29, 1.82) is 0 Å². The Bertz CT molecular complexity index is 430. The number of aromatic nitrogens is 1. The zero-order valence-electron chi connectivity index (χ0n) is 13.4. The fourth-order valence-electron chi connectivity index (χ4n) is 2.92. The lowest BCUT2D eigenvalue weighted by Gasteiger charge is -2.25. The minimum atomic E-state index is 0.323. The molecule has 1 unspecified atom stereocenters. The molecular weight excluding hydrogens is 278 g/mol. The summed E-state index contributed by atoms with van der Waals surface area (Å²) in [5.74, 6) is 1.78. The summed E-state index contributed by atoms with van der Waals surface area (Å²) in [5, 5.41) is 4.49. The lowest BCUT2D eigenvalue weighted by atomic mass is 10.0. The Morgan fingerprint density at radius 2 is 2.14 bits per heavy atom. The number of rotatable bonds is 7. The maximum absolute atomic E-state index is 6.11. The van der Waals surface area contributed by atoms with Gasteiger partial charge in [0.25, 0.3) is 0 Å². The summed E-state index contributed by atoms with van der Waals surface area (Å²) in [6.07, 6.45) is 9.98. The monoisotopic (exact) mass is 307 g/mol. The first kappa shape index (κ1) is 16.6. The van der Waals surface area contributed by atoms with E-state index in [9.17, 15) is 0 Å². The van der Waals surface area contributed by atoms with E-state index < -0.39 is 0 Å². The van der Waals surface area contributed by atoms with E-state index >= 15 is 0 Å². The smallest absolute Gasteiger partial charge is 0.128 e. The average molecular weight is 308 g/mol. The molecule has 1 fully saturated rings. The highest BCUT2D eigenvalue weighted by Crippen LogP contribution is 2.32. The van der Waals surface area contributed by atoms with Gasteiger partial charge in [-0.25, -0.2) is 4.98 Å². The molecular formula is C17H29N3S. The van der Waals surface area contributed by atoms with E-state index in [1.807, 2.05) is 6.20 Å². The van der Waals surface area contributed by atoms with Crippen LogP contribution in [0.2, 0.25) is 0 Å². The molecule has 0 aliphatic heterocycles. The van der Waals surface area contributed by atoms with Gasteiger partial charge in [0.1, 0.15) is 5.82 Å². The third-order valence-electron chi connectivity index (χ3n) is 4.15. The van der Waals surface area contributed by atoms with E-state index in [2.05, 4.69) is 42.0 Å². The lowest BCUT2D eigenvalue weighted by molar-refractivity contribution is 0.513. The summed E-state index contributed by atoms with van der Waals surface area (Å²) >= 11 is 2.12. The normalized spacial score (nSPS) is 17.8. The molecule has 0 amide bonds. The third kappa shape index (κ3) is 5.19. The van der Waals surface area contributed by atoms with Crippen molar-refractivity contribution < 1.29 is 0 Å². The van der Waals surface area contributed by atoms with E-state index in [1.54, 1.807) is 0 Å². The van der Waals surface area contributed by atoms with Crippen molar-refractivity contribution in [3.8, 4) is 0 Å². The van der Waals surface area contributed by atoms with E-state index in [0.717, 1.165) is 24.0 Å². The molecule has 0 bridgehead atoms. The number of nitrogen functional groups attached to an aromatic ring is 1. The molecule has 2 rings (SSSR count). The van der Waals surface area contributed by atoms with Crippen LogP contribution in [-0.4, -0.2) is 22.5 Å². The van der Waals surface area contributed by atoms with Gasteiger partial charge in [-0.05, 0) is 44.4 Å². The van der Waals surface area contributed by atoms with E-state index in [0.29, 0.717) is 11.9 Å². The van der Waals surface area contributed by atoms with Gasteiger partial charge in [0.2, 0.25) is 0 Å². The van der Waals surface area contributed by atoms with Crippen LogP contribution in [-0.2, 0) is 0 Å². The molecule has 0 spiro atoms. The van der Waals surface area contributed by atoms with Crippen LogP contribution in [0.1, 0.15) is 62.6 Å². The highest BCUT2D eigenvalue weighted by molar-refractivity contribution is 7.99.